The van der Waals surface area contributed by atoms with Crippen molar-refractivity contribution in [3.63, 3.8) is 0 Å². The highest BCUT2D eigenvalue weighted by Gasteiger charge is 2.22. The van der Waals surface area contributed by atoms with Crippen LogP contribution in [0.4, 0.5) is 0 Å². The minimum absolute atomic E-state index is 0.107. The summed E-state index contributed by atoms with van der Waals surface area (Å²) in [5.41, 5.74) is 1.11. The monoisotopic (exact) mass is 223 g/mol. The van der Waals surface area contributed by atoms with E-state index < -0.39 is 0 Å². The second kappa shape index (κ2) is 5.46. The molecule has 3 N–H and O–H groups in total. The minimum Gasteiger partial charge on any atom is -0.393 e. The van der Waals surface area contributed by atoms with Crippen molar-refractivity contribution >= 4 is 0 Å². The van der Waals surface area contributed by atoms with E-state index in [9.17, 15) is 5.11 Å². The average molecular weight is 223 g/mol. The van der Waals surface area contributed by atoms with Gasteiger partial charge in [-0.3, -0.25) is 0 Å². The van der Waals surface area contributed by atoms with Crippen molar-refractivity contribution in [1.29, 1.82) is 0 Å². The first-order valence-electron chi connectivity index (χ1n) is 6.15. The zero-order valence-electron chi connectivity index (χ0n) is 9.87. The summed E-state index contributed by atoms with van der Waals surface area (Å²) in [6, 6.07) is 0. The van der Waals surface area contributed by atoms with Crippen molar-refractivity contribution in [2.75, 3.05) is 6.54 Å². The van der Waals surface area contributed by atoms with Gasteiger partial charge in [-0.05, 0) is 25.7 Å². The molecule has 1 fully saturated rings. The van der Waals surface area contributed by atoms with Gasteiger partial charge in [-0.1, -0.05) is 12.8 Å². The smallest absolute Gasteiger partial charge is 0.103 e. The molecule has 0 amide bonds. The molecular formula is C12H21N3O. The third kappa shape index (κ3) is 3.06. The fraction of sp³-hybridized carbons (Fsp3) is 0.750. The highest BCUT2D eigenvalue weighted by molar-refractivity contribution is 4.99. The number of H-pyrrole nitrogens is 1. The predicted molar refractivity (Wildman–Crippen MR) is 63.0 cm³/mol. The summed E-state index contributed by atoms with van der Waals surface area (Å²) in [5, 5.41) is 13.2. The molecule has 1 saturated carbocycles. The van der Waals surface area contributed by atoms with Crippen molar-refractivity contribution in [1.82, 2.24) is 15.3 Å². The van der Waals surface area contributed by atoms with E-state index in [2.05, 4.69) is 15.3 Å². The molecule has 1 aliphatic rings. The van der Waals surface area contributed by atoms with E-state index in [-0.39, 0.29) is 6.10 Å². The summed E-state index contributed by atoms with van der Waals surface area (Å²) in [6.45, 7) is 3.66. The fourth-order valence-electron chi connectivity index (χ4n) is 2.38. The Hall–Kier alpha value is -0.870. The van der Waals surface area contributed by atoms with Gasteiger partial charge in [0.25, 0.3) is 0 Å². The normalized spacial score (nSPS) is 25.9. The maximum Gasteiger partial charge on any atom is 0.103 e. The lowest BCUT2D eigenvalue weighted by Crippen LogP contribution is -2.33. The SMILES string of the molecule is Cc1ncc(CNCC2CCCCC2O)[nH]1. The molecule has 4 nitrogen and oxygen atoms in total. The molecule has 1 aromatic heterocycles. The number of nitrogens with one attached hydrogen (secondary N) is 2. The maximum absolute atomic E-state index is 9.81. The molecule has 0 aromatic carbocycles. The number of hydrogen-bond donors (Lipinski definition) is 3. The van der Waals surface area contributed by atoms with Gasteiger partial charge in [-0.2, -0.15) is 0 Å². The van der Waals surface area contributed by atoms with Gasteiger partial charge in [-0.15, -0.1) is 0 Å². The molecule has 0 saturated heterocycles. The quantitative estimate of drug-likeness (QED) is 0.722. The first-order valence-corrected chi connectivity index (χ1v) is 6.15. The van der Waals surface area contributed by atoms with Crippen LogP contribution in [0.5, 0.6) is 0 Å². The first-order chi connectivity index (χ1) is 7.75. The van der Waals surface area contributed by atoms with Gasteiger partial charge in [0.2, 0.25) is 0 Å². The number of aromatic amines is 1. The third-order valence-corrected chi connectivity index (χ3v) is 3.35. The molecule has 2 atom stereocenters. The van der Waals surface area contributed by atoms with E-state index in [4.69, 9.17) is 0 Å². The molecule has 4 heteroatoms. The highest BCUT2D eigenvalue weighted by Crippen LogP contribution is 2.23. The van der Waals surface area contributed by atoms with Crippen LogP contribution in [0.1, 0.15) is 37.2 Å². The lowest BCUT2D eigenvalue weighted by atomic mass is 9.86. The summed E-state index contributed by atoms with van der Waals surface area (Å²) < 4.78 is 0. The number of rotatable bonds is 4. The Morgan fingerprint density at radius 3 is 3.00 bits per heavy atom. The molecule has 2 unspecified atom stereocenters. The molecule has 1 heterocycles. The standard InChI is InChI=1S/C12H21N3O/c1-9-14-8-11(15-9)7-13-6-10-4-2-3-5-12(10)16/h8,10,12-13,16H,2-7H2,1H3,(H,14,15). The summed E-state index contributed by atoms with van der Waals surface area (Å²) in [7, 11) is 0. The van der Waals surface area contributed by atoms with E-state index in [1.54, 1.807) is 0 Å². The largest absolute Gasteiger partial charge is 0.393 e. The van der Waals surface area contributed by atoms with Crippen LogP contribution in [-0.4, -0.2) is 27.7 Å². The predicted octanol–water partition coefficient (Wildman–Crippen LogP) is 1.36. The molecule has 90 valence electrons. The van der Waals surface area contributed by atoms with Gasteiger partial charge in [-0.25, -0.2) is 4.98 Å². The fourth-order valence-corrected chi connectivity index (χ4v) is 2.38. The summed E-state index contributed by atoms with van der Waals surface area (Å²) in [5.74, 6) is 1.38. The lowest BCUT2D eigenvalue weighted by molar-refractivity contribution is 0.0694. The molecular weight excluding hydrogens is 202 g/mol. The number of imidazole rings is 1. The Morgan fingerprint density at radius 2 is 2.31 bits per heavy atom. The van der Waals surface area contributed by atoms with E-state index in [0.717, 1.165) is 37.4 Å². The molecule has 2 rings (SSSR count). The summed E-state index contributed by atoms with van der Waals surface area (Å²) in [6.07, 6.45) is 6.31. The Kier molecular flexibility index (Phi) is 3.96. The number of hydrogen-bond acceptors (Lipinski definition) is 3. The average Bonchev–Trinajstić information content (AvgIpc) is 2.67. The molecule has 0 spiro atoms. The highest BCUT2D eigenvalue weighted by atomic mass is 16.3. The minimum atomic E-state index is -0.107. The van der Waals surface area contributed by atoms with Crippen LogP contribution < -0.4 is 5.32 Å². The van der Waals surface area contributed by atoms with Crippen molar-refractivity contribution in [3.05, 3.63) is 17.7 Å². The van der Waals surface area contributed by atoms with Gasteiger partial charge in [0.05, 0.1) is 6.10 Å². The van der Waals surface area contributed by atoms with Crippen molar-refractivity contribution in [2.45, 2.75) is 45.3 Å². The van der Waals surface area contributed by atoms with E-state index in [1.165, 1.54) is 12.8 Å². The summed E-state index contributed by atoms with van der Waals surface area (Å²) in [4.78, 5) is 7.34. The van der Waals surface area contributed by atoms with Crippen molar-refractivity contribution < 1.29 is 5.11 Å². The Morgan fingerprint density at radius 1 is 1.50 bits per heavy atom. The molecule has 0 radical (unpaired) electrons. The Labute approximate surface area is 96.5 Å². The Bertz CT molecular complexity index is 324. The topological polar surface area (TPSA) is 60.9 Å². The van der Waals surface area contributed by atoms with Crippen LogP contribution in [0.3, 0.4) is 0 Å². The summed E-state index contributed by atoms with van der Waals surface area (Å²) >= 11 is 0. The van der Waals surface area contributed by atoms with Crippen LogP contribution in [0.25, 0.3) is 0 Å². The third-order valence-electron chi connectivity index (χ3n) is 3.35. The van der Waals surface area contributed by atoms with Gasteiger partial charge in [0, 0.05) is 25.0 Å². The number of aryl methyl sites for hydroxylation is 1. The number of aliphatic hydroxyl groups excluding tert-OH is 1. The van der Waals surface area contributed by atoms with Crippen LogP contribution in [0.2, 0.25) is 0 Å². The molecule has 1 aromatic rings. The van der Waals surface area contributed by atoms with E-state index in [1.807, 2.05) is 13.1 Å². The molecule has 1 aliphatic carbocycles. The Balaban J connectivity index is 1.71. The second-order valence-electron chi connectivity index (χ2n) is 4.74. The van der Waals surface area contributed by atoms with Crippen LogP contribution in [-0.2, 0) is 6.54 Å². The maximum atomic E-state index is 9.81. The zero-order chi connectivity index (χ0) is 11.4. The lowest BCUT2D eigenvalue weighted by Gasteiger charge is -2.27. The zero-order valence-corrected chi connectivity index (χ0v) is 9.87. The van der Waals surface area contributed by atoms with E-state index >= 15 is 0 Å². The van der Waals surface area contributed by atoms with E-state index in [0.29, 0.717) is 5.92 Å². The van der Waals surface area contributed by atoms with Crippen molar-refractivity contribution in [3.8, 4) is 0 Å². The second-order valence-corrected chi connectivity index (χ2v) is 4.74. The molecule has 0 aliphatic heterocycles. The number of aliphatic hydroxyl groups is 1. The van der Waals surface area contributed by atoms with Gasteiger partial charge in [0.1, 0.15) is 5.82 Å². The molecule has 16 heavy (non-hydrogen) atoms. The number of nitrogens with zero attached hydrogens (tertiary/aromatic N) is 1. The van der Waals surface area contributed by atoms with Gasteiger partial charge in [0.15, 0.2) is 0 Å². The van der Waals surface area contributed by atoms with Crippen molar-refractivity contribution in [2.24, 2.45) is 5.92 Å². The molecule has 0 bridgehead atoms. The number of aromatic nitrogens is 2. The first kappa shape index (κ1) is 11.6. The van der Waals surface area contributed by atoms with Gasteiger partial charge < -0.3 is 15.4 Å². The van der Waals surface area contributed by atoms with Gasteiger partial charge >= 0.3 is 0 Å². The van der Waals surface area contributed by atoms with Crippen LogP contribution in [0, 0.1) is 12.8 Å². The van der Waals surface area contributed by atoms with Crippen LogP contribution in [0.15, 0.2) is 6.20 Å². The van der Waals surface area contributed by atoms with Crippen LogP contribution >= 0.6 is 0 Å².